The number of nitrogens with zero attached hydrogens (tertiary/aromatic N) is 2. The summed E-state index contributed by atoms with van der Waals surface area (Å²) in [5, 5.41) is 0. The molecule has 0 spiro atoms. The highest BCUT2D eigenvalue weighted by atomic mass is 79.9. The highest BCUT2D eigenvalue weighted by molar-refractivity contribution is 9.10. The molecule has 0 unspecified atom stereocenters. The molecule has 16 heavy (non-hydrogen) atoms. The molecule has 4 heteroatoms. The summed E-state index contributed by atoms with van der Waals surface area (Å²) >= 11 is 3.46. The van der Waals surface area contributed by atoms with Gasteiger partial charge in [0.25, 0.3) is 0 Å². The highest BCUT2D eigenvalue weighted by Crippen LogP contribution is 2.22. The van der Waals surface area contributed by atoms with Gasteiger partial charge in [-0.05, 0) is 60.4 Å². The van der Waals surface area contributed by atoms with E-state index in [0.29, 0.717) is 12.5 Å². The minimum atomic E-state index is 0.699. The zero-order valence-electron chi connectivity index (χ0n) is 9.58. The van der Waals surface area contributed by atoms with E-state index < -0.39 is 0 Å². The molecule has 1 aromatic rings. The van der Waals surface area contributed by atoms with Crippen LogP contribution >= 0.6 is 15.9 Å². The predicted octanol–water partition coefficient (Wildman–Crippen LogP) is 2.63. The minimum Gasteiger partial charge on any atom is -0.476 e. The van der Waals surface area contributed by atoms with E-state index in [-0.39, 0.29) is 0 Å². The largest absolute Gasteiger partial charge is 0.476 e. The Labute approximate surface area is 105 Å². The molecule has 3 nitrogen and oxygen atoms in total. The molecule has 2 rings (SSSR count). The molecular weight excluding hydrogens is 268 g/mol. The molecule has 0 aromatic carbocycles. The molecule has 2 heterocycles. The van der Waals surface area contributed by atoms with Gasteiger partial charge in [0, 0.05) is 12.7 Å². The predicted molar refractivity (Wildman–Crippen MR) is 67.8 cm³/mol. The van der Waals surface area contributed by atoms with Crippen molar-refractivity contribution in [3.8, 4) is 5.88 Å². The first-order chi connectivity index (χ1) is 7.75. The maximum Gasteiger partial charge on any atom is 0.227 e. The first-order valence-electron chi connectivity index (χ1n) is 5.73. The van der Waals surface area contributed by atoms with Gasteiger partial charge < -0.3 is 4.74 Å². The van der Waals surface area contributed by atoms with Crippen molar-refractivity contribution in [1.29, 1.82) is 0 Å². The molecule has 1 saturated heterocycles. The standard InChI is InChI=1S/C12H17BrN2O/c1-10-8-11(13)12(14-9-10)16-7-6-15-4-2-3-5-15/h8-9H,2-7H2,1H3. The fourth-order valence-electron chi connectivity index (χ4n) is 1.90. The Hall–Kier alpha value is -0.610. The van der Waals surface area contributed by atoms with Crippen LogP contribution in [0, 0.1) is 6.92 Å². The smallest absolute Gasteiger partial charge is 0.227 e. The normalized spacial score (nSPS) is 16.6. The van der Waals surface area contributed by atoms with Gasteiger partial charge in [-0.3, -0.25) is 4.90 Å². The molecule has 0 amide bonds. The van der Waals surface area contributed by atoms with Gasteiger partial charge in [-0.15, -0.1) is 0 Å². The number of hydrogen-bond acceptors (Lipinski definition) is 3. The molecule has 1 fully saturated rings. The Kier molecular flexibility index (Phi) is 4.18. The summed E-state index contributed by atoms with van der Waals surface area (Å²) < 4.78 is 6.59. The average molecular weight is 285 g/mol. The Morgan fingerprint density at radius 3 is 2.88 bits per heavy atom. The van der Waals surface area contributed by atoms with Gasteiger partial charge >= 0.3 is 0 Å². The van der Waals surface area contributed by atoms with Gasteiger partial charge in [0.05, 0.1) is 4.47 Å². The first-order valence-corrected chi connectivity index (χ1v) is 6.52. The second-order valence-electron chi connectivity index (χ2n) is 4.20. The lowest BCUT2D eigenvalue weighted by Crippen LogP contribution is -2.25. The van der Waals surface area contributed by atoms with Crippen LogP contribution in [0.25, 0.3) is 0 Å². The van der Waals surface area contributed by atoms with E-state index >= 15 is 0 Å². The van der Waals surface area contributed by atoms with E-state index in [0.717, 1.165) is 16.6 Å². The SMILES string of the molecule is Cc1cnc(OCCN2CCCC2)c(Br)c1. The fourth-order valence-corrected chi connectivity index (χ4v) is 2.48. The lowest BCUT2D eigenvalue weighted by atomic mass is 10.3. The summed E-state index contributed by atoms with van der Waals surface area (Å²) in [4.78, 5) is 6.69. The zero-order chi connectivity index (χ0) is 11.4. The van der Waals surface area contributed by atoms with Crippen LogP contribution in [0.15, 0.2) is 16.7 Å². The molecule has 1 aromatic heterocycles. The second-order valence-corrected chi connectivity index (χ2v) is 5.05. The molecule has 0 radical (unpaired) electrons. The third-order valence-electron chi connectivity index (χ3n) is 2.79. The van der Waals surface area contributed by atoms with Gasteiger partial charge in [0.15, 0.2) is 0 Å². The minimum absolute atomic E-state index is 0.699. The van der Waals surface area contributed by atoms with E-state index in [9.17, 15) is 0 Å². The third-order valence-corrected chi connectivity index (χ3v) is 3.36. The molecule has 0 N–H and O–H groups in total. The lowest BCUT2D eigenvalue weighted by molar-refractivity contribution is 0.231. The Morgan fingerprint density at radius 2 is 2.19 bits per heavy atom. The van der Waals surface area contributed by atoms with Crippen LogP contribution in [0.2, 0.25) is 0 Å². The molecule has 1 aliphatic heterocycles. The summed E-state index contributed by atoms with van der Waals surface area (Å²) in [6.45, 7) is 6.17. The average Bonchev–Trinajstić information content (AvgIpc) is 2.74. The Balaban J connectivity index is 1.80. The second kappa shape index (κ2) is 5.64. The zero-order valence-corrected chi connectivity index (χ0v) is 11.2. The van der Waals surface area contributed by atoms with Crippen molar-refractivity contribution in [2.24, 2.45) is 0 Å². The molecule has 0 saturated carbocycles. The number of halogens is 1. The van der Waals surface area contributed by atoms with Crippen LogP contribution in [0.5, 0.6) is 5.88 Å². The van der Waals surface area contributed by atoms with E-state index in [1.807, 2.05) is 19.2 Å². The number of hydrogen-bond donors (Lipinski definition) is 0. The Morgan fingerprint density at radius 1 is 1.44 bits per heavy atom. The van der Waals surface area contributed by atoms with Gasteiger partial charge in [-0.25, -0.2) is 4.98 Å². The topological polar surface area (TPSA) is 25.4 Å². The highest BCUT2D eigenvalue weighted by Gasteiger charge is 2.11. The van der Waals surface area contributed by atoms with Crippen molar-refractivity contribution < 1.29 is 4.74 Å². The molecule has 1 aliphatic rings. The monoisotopic (exact) mass is 284 g/mol. The maximum atomic E-state index is 5.65. The molecule has 0 bridgehead atoms. The lowest BCUT2D eigenvalue weighted by Gasteiger charge is -2.14. The van der Waals surface area contributed by atoms with Crippen LogP contribution in [-0.2, 0) is 0 Å². The van der Waals surface area contributed by atoms with Crippen LogP contribution in [0.1, 0.15) is 18.4 Å². The van der Waals surface area contributed by atoms with E-state index in [1.165, 1.54) is 25.9 Å². The van der Waals surface area contributed by atoms with Crippen molar-refractivity contribution in [2.45, 2.75) is 19.8 Å². The van der Waals surface area contributed by atoms with Crippen molar-refractivity contribution >= 4 is 15.9 Å². The van der Waals surface area contributed by atoms with Gasteiger partial charge in [-0.2, -0.15) is 0 Å². The number of likely N-dealkylation sites (tertiary alicyclic amines) is 1. The first kappa shape index (κ1) is 11.9. The Bertz CT molecular complexity index is 351. The van der Waals surface area contributed by atoms with Crippen LogP contribution in [0.4, 0.5) is 0 Å². The van der Waals surface area contributed by atoms with Gasteiger partial charge in [0.1, 0.15) is 6.61 Å². The van der Waals surface area contributed by atoms with Crippen molar-refractivity contribution in [3.63, 3.8) is 0 Å². The van der Waals surface area contributed by atoms with Crippen LogP contribution in [-0.4, -0.2) is 36.1 Å². The molecule has 88 valence electrons. The molecule has 0 atom stereocenters. The van der Waals surface area contributed by atoms with E-state index in [1.54, 1.807) is 0 Å². The third kappa shape index (κ3) is 3.19. The van der Waals surface area contributed by atoms with Crippen molar-refractivity contribution in [3.05, 3.63) is 22.3 Å². The van der Waals surface area contributed by atoms with Crippen molar-refractivity contribution in [2.75, 3.05) is 26.2 Å². The number of aryl methyl sites for hydroxylation is 1. The number of aromatic nitrogens is 1. The summed E-state index contributed by atoms with van der Waals surface area (Å²) in [5.74, 6) is 0.699. The number of rotatable bonds is 4. The fraction of sp³-hybridized carbons (Fsp3) is 0.583. The quantitative estimate of drug-likeness (QED) is 0.850. The van der Waals surface area contributed by atoms with E-state index in [2.05, 4.69) is 25.8 Å². The van der Waals surface area contributed by atoms with Gasteiger partial charge in [-0.1, -0.05) is 0 Å². The van der Waals surface area contributed by atoms with Crippen LogP contribution in [0.3, 0.4) is 0 Å². The summed E-state index contributed by atoms with van der Waals surface area (Å²) in [6, 6.07) is 2.03. The maximum absolute atomic E-state index is 5.65. The summed E-state index contributed by atoms with van der Waals surface area (Å²) in [6.07, 6.45) is 4.48. The van der Waals surface area contributed by atoms with Crippen molar-refractivity contribution in [1.82, 2.24) is 9.88 Å². The van der Waals surface area contributed by atoms with E-state index in [4.69, 9.17) is 4.74 Å². The summed E-state index contributed by atoms with van der Waals surface area (Å²) in [5.41, 5.74) is 1.14. The summed E-state index contributed by atoms with van der Waals surface area (Å²) in [7, 11) is 0. The number of pyridine rings is 1. The van der Waals surface area contributed by atoms with Crippen LogP contribution < -0.4 is 4.74 Å². The molecule has 0 aliphatic carbocycles. The molecular formula is C12H17BrN2O. The van der Waals surface area contributed by atoms with Gasteiger partial charge in [0.2, 0.25) is 5.88 Å². The number of ether oxygens (including phenoxy) is 1.